The Morgan fingerprint density at radius 1 is 1.64 bits per heavy atom. The highest BCUT2D eigenvalue weighted by molar-refractivity contribution is 9.10. The van der Waals surface area contributed by atoms with Crippen molar-refractivity contribution in [1.29, 1.82) is 0 Å². The average Bonchev–Trinajstić information content (AvgIpc) is 2.29. The van der Waals surface area contributed by atoms with Gasteiger partial charge in [-0.25, -0.2) is 0 Å². The van der Waals surface area contributed by atoms with Gasteiger partial charge in [0.1, 0.15) is 0 Å². The van der Waals surface area contributed by atoms with Crippen LogP contribution in [0.5, 0.6) is 0 Å². The quantitative estimate of drug-likeness (QED) is 0.903. The number of hydrogen-bond donors (Lipinski definition) is 1. The Bertz CT molecular complexity index is 290. The van der Waals surface area contributed by atoms with Crippen LogP contribution in [0.3, 0.4) is 0 Å². The summed E-state index contributed by atoms with van der Waals surface area (Å²) in [7, 11) is 0. The second-order valence-electron chi connectivity index (χ2n) is 3.75. The molecule has 0 unspecified atom stereocenters. The molecule has 1 aromatic rings. The van der Waals surface area contributed by atoms with Crippen LogP contribution in [-0.4, -0.2) is 22.0 Å². The van der Waals surface area contributed by atoms with Crippen molar-refractivity contribution in [3.63, 3.8) is 0 Å². The number of hydrogen-bond acceptors (Lipinski definition) is 3. The fourth-order valence-corrected chi connectivity index (χ4v) is 1.64. The van der Waals surface area contributed by atoms with Gasteiger partial charge in [0.15, 0.2) is 5.82 Å². The van der Waals surface area contributed by atoms with Crippen molar-refractivity contribution in [2.75, 3.05) is 12.3 Å². The molecule has 0 saturated heterocycles. The van der Waals surface area contributed by atoms with E-state index in [0.29, 0.717) is 19.0 Å². The summed E-state index contributed by atoms with van der Waals surface area (Å²) in [6, 6.07) is 0. The number of rotatable bonds is 4. The minimum absolute atomic E-state index is 0.216. The molecule has 0 aromatic carbocycles. The number of nitrogens with zero attached hydrogens (tertiary/aromatic N) is 2. The zero-order valence-electron chi connectivity index (χ0n) is 8.75. The molecule has 0 saturated carbocycles. The molecule has 0 bridgehead atoms. The summed E-state index contributed by atoms with van der Waals surface area (Å²) < 4.78 is 8.18. The zero-order chi connectivity index (χ0) is 10.8. The van der Waals surface area contributed by atoms with Gasteiger partial charge in [-0.1, -0.05) is 0 Å². The third-order valence-corrected chi connectivity index (χ3v) is 2.43. The molecule has 1 heterocycles. The summed E-state index contributed by atoms with van der Waals surface area (Å²) in [4.78, 5) is 0. The number of halogens is 1. The molecule has 2 N–H and O–H groups in total. The fourth-order valence-electron chi connectivity index (χ4n) is 1.32. The standard InChI is InChI=1S/C9H16BrN3O/c1-4-14-9(2,3)6-13-5-7(10)8(11)12-13/h5H,4,6H2,1-3H3,(H2,11,12). The van der Waals surface area contributed by atoms with Gasteiger partial charge >= 0.3 is 0 Å². The van der Waals surface area contributed by atoms with Crippen LogP contribution in [0.1, 0.15) is 20.8 Å². The average molecular weight is 262 g/mol. The van der Waals surface area contributed by atoms with Crippen LogP contribution >= 0.6 is 15.9 Å². The fraction of sp³-hybridized carbons (Fsp3) is 0.667. The molecular formula is C9H16BrN3O. The largest absolute Gasteiger partial charge is 0.381 e. The molecule has 1 aromatic heterocycles. The van der Waals surface area contributed by atoms with Gasteiger partial charge in [0.25, 0.3) is 0 Å². The maximum Gasteiger partial charge on any atom is 0.159 e. The molecule has 1 rings (SSSR count). The minimum atomic E-state index is -0.216. The number of nitrogen functional groups attached to an aromatic ring is 1. The second-order valence-corrected chi connectivity index (χ2v) is 4.61. The van der Waals surface area contributed by atoms with E-state index in [2.05, 4.69) is 21.0 Å². The van der Waals surface area contributed by atoms with Crippen molar-refractivity contribution in [2.24, 2.45) is 0 Å². The zero-order valence-corrected chi connectivity index (χ0v) is 10.3. The molecule has 0 spiro atoms. The van der Waals surface area contributed by atoms with Crippen LogP contribution in [0.25, 0.3) is 0 Å². The number of aromatic nitrogens is 2. The molecule has 80 valence electrons. The topological polar surface area (TPSA) is 53.1 Å². The molecule has 0 aliphatic carbocycles. The lowest BCUT2D eigenvalue weighted by atomic mass is 10.1. The lowest BCUT2D eigenvalue weighted by Gasteiger charge is -2.24. The van der Waals surface area contributed by atoms with E-state index in [1.165, 1.54) is 0 Å². The summed E-state index contributed by atoms with van der Waals surface area (Å²) in [6.45, 7) is 7.43. The van der Waals surface area contributed by atoms with Crippen LogP contribution in [0.2, 0.25) is 0 Å². The van der Waals surface area contributed by atoms with E-state index in [-0.39, 0.29) is 5.60 Å². The number of anilines is 1. The van der Waals surface area contributed by atoms with E-state index < -0.39 is 0 Å². The second kappa shape index (κ2) is 4.31. The van der Waals surface area contributed by atoms with Crippen molar-refractivity contribution in [3.8, 4) is 0 Å². The third-order valence-electron chi connectivity index (χ3n) is 1.82. The first-order valence-corrected chi connectivity index (χ1v) is 5.36. The van der Waals surface area contributed by atoms with Crippen LogP contribution in [0, 0.1) is 0 Å². The number of ether oxygens (including phenoxy) is 1. The highest BCUT2D eigenvalue weighted by Crippen LogP contribution is 2.19. The van der Waals surface area contributed by atoms with Gasteiger partial charge in [0, 0.05) is 12.8 Å². The van der Waals surface area contributed by atoms with Crippen molar-refractivity contribution in [1.82, 2.24) is 9.78 Å². The molecule has 4 nitrogen and oxygen atoms in total. The summed E-state index contributed by atoms with van der Waals surface area (Å²) >= 11 is 3.31. The van der Waals surface area contributed by atoms with E-state index in [0.717, 1.165) is 4.47 Å². The van der Waals surface area contributed by atoms with E-state index in [4.69, 9.17) is 10.5 Å². The van der Waals surface area contributed by atoms with E-state index >= 15 is 0 Å². The Kier molecular flexibility index (Phi) is 3.55. The predicted molar refractivity (Wildman–Crippen MR) is 60.0 cm³/mol. The van der Waals surface area contributed by atoms with Gasteiger partial charge in [0.2, 0.25) is 0 Å². The molecule has 0 fully saturated rings. The first-order valence-electron chi connectivity index (χ1n) is 4.57. The molecular weight excluding hydrogens is 246 g/mol. The lowest BCUT2D eigenvalue weighted by molar-refractivity contribution is -0.0246. The summed E-state index contributed by atoms with van der Waals surface area (Å²) in [5.41, 5.74) is 5.40. The van der Waals surface area contributed by atoms with Crippen LogP contribution in [-0.2, 0) is 11.3 Å². The van der Waals surface area contributed by atoms with Gasteiger partial charge in [-0.3, -0.25) is 4.68 Å². The Hall–Kier alpha value is -0.550. The van der Waals surface area contributed by atoms with Crippen molar-refractivity contribution >= 4 is 21.7 Å². The summed E-state index contributed by atoms with van der Waals surface area (Å²) in [5, 5.41) is 4.15. The normalized spacial score (nSPS) is 12.0. The van der Waals surface area contributed by atoms with Crippen molar-refractivity contribution in [3.05, 3.63) is 10.7 Å². The first-order chi connectivity index (χ1) is 6.44. The molecule has 0 radical (unpaired) electrons. The molecule has 0 aliphatic rings. The Morgan fingerprint density at radius 2 is 2.29 bits per heavy atom. The Balaban J connectivity index is 2.68. The van der Waals surface area contributed by atoms with Crippen LogP contribution in [0.4, 0.5) is 5.82 Å². The summed E-state index contributed by atoms with van der Waals surface area (Å²) in [6.07, 6.45) is 1.86. The van der Waals surface area contributed by atoms with Crippen LogP contribution < -0.4 is 5.73 Å². The van der Waals surface area contributed by atoms with Crippen molar-refractivity contribution in [2.45, 2.75) is 32.9 Å². The highest BCUT2D eigenvalue weighted by Gasteiger charge is 2.19. The Morgan fingerprint density at radius 3 is 2.71 bits per heavy atom. The highest BCUT2D eigenvalue weighted by atomic mass is 79.9. The van der Waals surface area contributed by atoms with Gasteiger partial charge in [0.05, 0.1) is 16.6 Å². The van der Waals surface area contributed by atoms with Crippen molar-refractivity contribution < 1.29 is 4.74 Å². The molecule has 0 aliphatic heterocycles. The van der Waals surface area contributed by atoms with Gasteiger partial charge in [-0.05, 0) is 36.7 Å². The lowest BCUT2D eigenvalue weighted by Crippen LogP contribution is -2.30. The minimum Gasteiger partial charge on any atom is -0.381 e. The first kappa shape index (κ1) is 11.5. The Labute approximate surface area is 92.5 Å². The number of nitrogens with two attached hydrogens (primary N) is 1. The molecule has 0 amide bonds. The predicted octanol–water partition coefficient (Wildman–Crippen LogP) is 2.04. The SMILES string of the molecule is CCOC(C)(C)Cn1cc(Br)c(N)n1. The van der Waals surface area contributed by atoms with E-state index in [1.54, 1.807) is 4.68 Å². The smallest absolute Gasteiger partial charge is 0.159 e. The monoisotopic (exact) mass is 261 g/mol. The maximum absolute atomic E-state index is 5.61. The van der Waals surface area contributed by atoms with E-state index in [9.17, 15) is 0 Å². The third kappa shape index (κ3) is 2.99. The molecule has 14 heavy (non-hydrogen) atoms. The molecule has 0 atom stereocenters. The van der Waals surface area contributed by atoms with Gasteiger partial charge in [-0.2, -0.15) is 5.10 Å². The van der Waals surface area contributed by atoms with Gasteiger partial charge in [-0.15, -0.1) is 0 Å². The van der Waals surface area contributed by atoms with E-state index in [1.807, 2.05) is 27.0 Å². The van der Waals surface area contributed by atoms with Crippen LogP contribution in [0.15, 0.2) is 10.7 Å². The summed E-state index contributed by atoms with van der Waals surface area (Å²) in [5.74, 6) is 0.511. The van der Waals surface area contributed by atoms with Gasteiger partial charge < -0.3 is 10.5 Å². The molecule has 5 heteroatoms. The maximum atomic E-state index is 5.61.